The van der Waals surface area contributed by atoms with Crippen molar-refractivity contribution in [2.24, 2.45) is 0 Å². The topological polar surface area (TPSA) is 120 Å². The van der Waals surface area contributed by atoms with Crippen LogP contribution in [0.2, 0.25) is 0 Å². The molecule has 4 N–H and O–H groups in total. The average molecular weight is 569 g/mol. The summed E-state index contributed by atoms with van der Waals surface area (Å²) >= 11 is 1.49. The van der Waals surface area contributed by atoms with Gasteiger partial charge in [-0.2, -0.15) is 0 Å². The standard InChI is InChI=1S/C25H29N5O4S.2ClH/c1-34-23-8-5-15-3-2-4-17(24(15)29-23)19(31)12-30-10-9-18(20(32)13-30)26-11-16-6-7-21-25(27-16)28-22(33)14-35-21;;/h2-8,18-20,26,31-32H,9-14H2,1H3,(H,27,28,33);2*1H/t18-,19?,20-;;/m1../s1. The molecule has 0 spiro atoms. The van der Waals surface area contributed by atoms with E-state index < -0.39 is 12.2 Å². The van der Waals surface area contributed by atoms with Gasteiger partial charge in [0.1, 0.15) is 5.82 Å². The van der Waals surface area contributed by atoms with Gasteiger partial charge in [0.2, 0.25) is 11.8 Å². The number of para-hydroxylation sites is 1. The Bertz CT molecular complexity index is 1240. The lowest BCUT2D eigenvalue weighted by Crippen LogP contribution is -2.53. The van der Waals surface area contributed by atoms with Gasteiger partial charge >= 0.3 is 0 Å². The number of aliphatic hydroxyl groups excluding tert-OH is 2. The first-order chi connectivity index (χ1) is 17.0. The Hall–Kier alpha value is -2.18. The summed E-state index contributed by atoms with van der Waals surface area (Å²) in [5.41, 5.74) is 2.29. The Morgan fingerprint density at radius 2 is 2.05 bits per heavy atom. The van der Waals surface area contributed by atoms with Crippen molar-refractivity contribution < 1.29 is 19.7 Å². The number of aliphatic hydroxyl groups is 2. The number of carbonyl (C=O) groups excluding carboxylic acids is 1. The summed E-state index contributed by atoms with van der Waals surface area (Å²) < 4.78 is 5.25. The maximum atomic E-state index is 11.6. The molecule has 200 valence electrons. The maximum absolute atomic E-state index is 11.6. The summed E-state index contributed by atoms with van der Waals surface area (Å²) in [6.45, 7) is 2.12. The minimum atomic E-state index is -0.734. The summed E-state index contributed by atoms with van der Waals surface area (Å²) in [7, 11) is 1.57. The van der Waals surface area contributed by atoms with Gasteiger partial charge in [-0.1, -0.05) is 18.2 Å². The highest BCUT2D eigenvalue weighted by Gasteiger charge is 2.29. The molecule has 1 aromatic carbocycles. The van der Waals surface area contributed by atoms with Crippen molar-refractivity contribution in [1.82, 2.24) is 20.2 Å². The summed E-state index contributed by atoms with van der Waals surface area (Å²) in [5.74, 6) is 1.49. The zero-order chi connectivity index (χ0) is 24.4. The van der Waals surface area contributed by atoms with Crippen LogP contribution in [-0.2, 0) is 11.3 Å². The highest BCUT2D eigenvalue weighted by molar-refractivity contribution is 8.00. The summed E-state index contributed by atoms with van der Waals surface area (Å²) in [4.78, 5) is 23.7. The summed E-state index contributed by atoms with van der Waals surface area (Å²) in [6, 6.07) is 13.3. The minimum Gasteiger partial charge on any atom is -0.481 e. The third-order valence-electron chi connectivity index (χ3n) is 6.47. The van der Waals surface area contributed by atoms with Crippen LogP contribution < -0.4 is 15.4 Å². The van der Waals surface area contributed by atoms with E-state index in [1.165, 1.54) is 11.8 Å². The molecule has 1 unspecified atom stereocenters. The summed E-state index contributed by atoms with van der Waals surface area (Å²) in [5, 5.41) is 28.9. The van der Waals surface area contributed by atoms with Gasteiger partial charge in [0.25, 0.3) is 0 Å². The molecule has 3 atom stereocenters. The van der Waals surface area contributed by atoms with Gasteiger partial charge in [-0.15, -0.1) is 36.6 Å². The van der Waals surface area contributed by atoms with Gasteiger partial charge in [0.15, 0.2) is 0 Å². The van der Waals surface area contributed by atoms with Crippen molar-refractivity contribution in [2.45, 2.75) is 36.1 Å². The number of hydrogen-bond acceptors (Lipinski definition) is 9. The van der Waals surface area contributed by atoms with Crippen LogP contribution in [0.1, 0.15) is 23.8 Å². The fourth-order valence-electron chi connectivity index (χ4n) is 4.62. The van der Waals surface area contributed by atoms with E-state index in [4.69, 9.17) is 4.74 Å². The van der Waals surface area contributed by atoms with Crippen molar-refractivity contribution in [3.63, 3.8) is 0 Å². The molecule has 5 rings (SSSR count). The molecule has 0 radical (unpaired) electrons. The van der Waals surface area contributed by atoms with Crippen LogP contribution in [-0.4, -0.2) is 75.6 Å². The predicted octanol–water partition coefficient (Wildman–Crippen LogP) is 2.78. The Kier molecular flexibility index (Phi) is 10.4. The van der Waals surface area contributed by atoms with Gasteiger partial charge in [-0.3, -0.25) is 9.69 Å². The van der Waals surface area contributed by atoms with Crippen molar-refractivity contribution >= 4 is 59.2 Å². The third kappa shape index (κ3) is 6.83. The average Bonchev–Trinajstić information content (AvgIpc) is 2.87. The number of likely N-dealkylation sites (tertiary alicyclic amines) is 1. The Labute approximate surface area is 232 Å². The number of nitrogens with one attached hydrogen (secondary N) is 2. The number of thioether (sulfide) groups is 1. The fourth-order valence-corrected chi connectivity index (χ4v) is 5.37. The summed E-state index contributed by atoms with van der Waals surface area (Å²) in [6.07, 6.45) is -0.565. The number of fused-ring (bicyclic) bond motifs is 2. The van der Waals surface area contributed by atoms with E-state index in [0.717, 1.165) is 40.0 Å². The molecule has 37 heavy (non-hydrogen) atoms. The smallest absolute Gasteiger partial charge is 0.235 e. The van der Waals surface area contributed by atoms with Gasteiger partial charge in [-0.05, 0) is 31.2 Å². The van der Waals surface area contributed by atoms with Crippen molar-refractivity contribution in [2.75, 3.05) is 37.8 Å². The second-order valence-electron chi connectivity index (χ2n) is 8.88. The van der Waals surface area contributed by atoms with Crippen LogP contribution in [0.25, 0.3) is 10.9 Å². The van der Waals surface area contributed by atoms with E-state index in [2.05, 4.69) is 25.5 Å². The predicted molar refractivity (Wildman–Crippen MR) is 149 cm³/mol. The molecule has 0 saturated carbocycles. The Morgan fingerprint density at radius 3 is 2.84 bits per heavy atom. The number of nitrogens with zero attached hydrogens (tertiary/aromatic N) is 3. The molecule has 4 heterocycles. The minimum absolute atomic E-state index is 0. The fraction of sp³-hybridized carbons (Fsp3) is 0.400. The van der Waals surface area contributed by atoms with Crippen LogP contribution in [0.15, 0.2) is 47.4 Å². The first-order valence-electron chi connectivity index (χ1n) is 11.7. The number of piperidine rings is 1. The number of hydrogen-bond donors (Lipinski definition) is 4. The van der Waals surface area contributed by atoms with E-state index in [-0.39, 0.29) is 36.8 Å². The first kappa shape index (κ1) is 29.4. The molecule has 0 aliphatic carbocycles. The van der Waals surface area contributed by atoms with E-state index >= 15 is 0 Å². The second-order valence-corrected chi connectivity index (χ2v) is 9.89. The first-order valence-corrected chi connectivity index (χ1v) is 12.7. The van der Waals surface area contributed by atoms with Crippen molar-refractivity contribution in [1.29, 1.82) is 0 Å². The van der Waals surface area contributed by atoms with E-state index in [1.54, 1.807) is 13.2 Å². The number of carbonyl (C=O) groups is 1. The normalized spacial score (nSPS) is 20.2. The SMILES string of the molecule is COc1ccc2cccc(C(O)CN3CC[C@@H](NCc4ccc5c(n4)NC(=O)CS5)[C@H](O)C3)c2n1.Cl.Cl. The van der Waals surface area contributed by atoms with Crippen molar-refractivity contribution in [3.8, 4) is 5.88 Å². The molecule has 9 nitrogen and oxygen atoms in total. The quantitative estimate of drug-likeness (QED) is 0.341. The number of pyridine rings is 2. The van der Waals surface area contributed by atoms with E-state index in [0.29, 0.717) is 37.1 Å². The number of rotatable bonds is 7. The van der Waals surface area contributed by atoms with Crippen molar-refractivity contribution in [3.05, 3.63) is 53.7 Å². The molecule has 2 aliphatic heterocycles. The molecule has 2 aromatic heterocycles. The second kappa shape index (κ2) is 13.1. The molecule has 1 amide bonds. The van der Waals surface area contributed by atoms with Crippen LogP contribution in [0, 0.1) is 0 Å². The molecule has 1 saturated heterocycles. The lowest BCUT2D eigenvalue weighted by atomic mass is 9.99. The molecular weight excluding hydrogens is 537 g/mol. The number of aromatic nitrogens is 2. The number of benzene rings is 1. The zero-order valence-corrected chi connectivity index (χ0v) is 22.7. The lowest BCUT2D eigenvalue weighted by molar-refractivity contribution is -0.113. The largest absolute Gasteiger partial charge is 0.481 e. The Balaban J connectivity index is 0.00000190. The molecule has 12 heteroatoms. The molecule has 0 bridgehead atoms. The highest BCUT2D eigenvalue weighted by atomic mass is 35.5. The van der Waals surface area contributed by atoms with Gasteiger partial charge in [0.05, 0.1) is 41.2 Å². The van der Waals surface area contributed by atoms with E-state index in [1.807, 2.05) is 36.4 Å². The maximum Gasteiger partial charge on any atom is 0.235 e. The molecular formula is C25H31Cl2N5O4S. The molecule has 1 fully saturated rings. The monoisotopic (exact) mass is 567 g/mol. The lowest BCUT2D eigenvalue weighted by Gasteiger charge is -2.37. The van der Waals surface area contributed by atoms with Gasteiger partial charge < -0.3 is 25.6 Å². The van der Waals surface area contributed by atoms with Gasteiger partial charge in [0, 0.05) is 42.7 Å². The number of ether oxygens (including phenoxy) is 1. The van der Waals surface area contributed by atoms with Crippen LogP contribution in [0.3, 0.4) is 0 Å². The highest BCUT2D eigenvalue weighted by Crippen LogP contribution is 2.30. The van der Waals surface area contributed by atoms with Crippen LogP contribution in [0.5, 0.6) is 5.88 Å². The number of halogens is 2. The number of anilines is 1. The zero-order valence-electron chi connectivity index (χ0n) is 20.3. The number of amides is 1. The van der Waals surface area contributed by atoms with E-state index in [9.17, 15) is 15.0 Å². The van der Waals surface area contributed by atoms with Gasteiger partial charge in [-0.25, -0.2) is 9.97 Å². The Morgan fingerprint density at radius 1 is 1.22 bits per heavy atom. The van der Waals surface area contributed by atoms with Crippen LogP contribution in [0.4, 0.5) is 5.82 Å². The van der Waals surface area contributed by atoms with Crippen LogP contribution >= 0.6 is 36.6 Å². The molecule has 2 aliphatic rings. The molecule has 3 aromatic rings. The third-order valence-corrected chi connectivity index (χ3v) is 7.52. The number of β-amino-alcohol motifs (C(OH)–C–C–N with tert-alkyl or cyclic N) is 2. The number of methoxy groups -OCH3 is 1.